The third kappa shape index (κ3) is 1.71. The van der Waals surface area contributed by atoms with Gasteiger partial charge < -0.3 is 14.4 Å². The molecule has 4 nitrogen and oxygen atoms in total. The van der Waals surface area contributed by atoms with Crippen LogP contribution in [0.2, 0.25) is 0 Å². The number of hydrogen-bond donors (Lipinski definition) is 1. The first-order valence-electron chi connectivity index (χ1n) is 5.82. The molecule has 0 saturated carbocycles. The van der Waals surface area contributed by atoms with Crippen LogP contribution in [0.4, 0.5) is 0 Å². The van der Waals surface area contributed by atoms with Crippen LogP contribution in [0.3, 0.4) is 0 Å². The zero-order valence-corrected chi connectivity index (χ0v) is 9.50. The first-order valence-corrected chi connectivity index (χ1v) is 5.82. The summed E-state index contributed by atoms with van der Waals surface area (Å²) in [6.45, 7) is 2.33. The summed E-state index contributed by atoms with van der Waals surface area (Å²) < 4.78 is 0. The Bertz CT molecular complexity index is 414. The van der Waals surface area contributed by atoms with Gasteiger partial charge in [0.1, 0.15) is 0 Å². The zero-order chi connectivity index (χ0) is 11.7. The van der Waals surface area contributed by atoms with Crippen LogP contribution < -0.4 is 5.48 Å². The molecule has 2 atom stereocenters. The van der Waals surface area contributed by atoms with Crippen molar-refractivity contribution in [3.8, 4) is 0 Å². The maximum atomic E-state index is 10.6. The van der Waals surface area contributed by atoms with Gasteiger partial charge in [-0.25, -0.2) is 0 Å². The van der Waals surface area contributed by atoms with Gasteiger partial charge in [-0.2, -0.15) is 5.48 Å². The van der Waals surface area contributed by atoms with Crippen LogP contribution in [0, 0.1) is 5.92 Å². The minimum Gasteiger partial charge on any atom is -0.337 e. The van der Waals surface area contributed by atoms with Crippen molar-refractivity contribution in [3.63, 3.8) is 0 Å². The fourth-order valence-electron chi connectivity index (χ4n) is 2.86. The molecule has 1 N–H and O–H groups in total. The maximum Gasteiger partial charge on any atom is 0.293 e. The summed E-state index contributed by atoms with van der Waals surface area (Å²) in [6.07, 6.45) is 0.848. The lowest BCUT2D eigenvalue weighted by molar-refractivity contribution is 0.0545. The lowest BCUT2D eigenvalue weighted by Gasteiger charge is -2.28. The molecule has 2 saturated heterocycles. The van der Waals surface area contributed by atoms with E-state index in [1.54, 1.807) is 7.41 Å². The van der Waals surface area contributed by atoms with Gasteiger partial charge in [-0.15, -0.1) is 0 Å². The van der Waals surface area contributed by atoms with E-state index in [9.17, 15) is 4.79 Å². The van der Waals surface area contributed by atoms with Gasteiger partial charge in [-0.1, -0.05) is 30.3 Å². The molecule has 0 aromatic heterocycles. The van der Waals surface area contributed by atoms with Crippen molar-refractivity contribution in [2.75, 3.05) is 19.7 Å². The highest BCUT2D eigenvalue weighted by atomic mass is 16.7. The zero-order valence-electron chi connectivity index (χ0n) is 9.50. The monoisotopic (exact) mass is 229 g/mol. The van der Waals surface area contributed by atoms with E-state index in [2.05, 4.69) is 22.4 Å². The quantitative estimate of drug-likeness (QED) is 0.592. The number of carbonyl (C=O) groups excluding carboxylic acids is 1. The Labute approximate surface area is 101 Å². The predicted octanol–water partition coefficient (Wildman–Crippen LogP) is 0.158. The lowest BCUT2D eigenvalue weighted by atomic mass is 9.82. The smallest absolute Gasteiger partial charge is 0.293 e. The molecule has 2 heterocycles. The van der Waals surface area contributed by atoms with Crippen molar-refractivity contribution >= 4 is 13.6 Å². The van der Waals surface area contributed by atoms with E-state index in [0.29, 0.717) is 12.5 Å². The Morgan fingerprint density at radius 3 is 3.06 bits per heavy atom. The van der Waals surface area contributed by atoms with Crippen molar-refractivity contribution in [1.82, 2.24) is 10.3 Å². The summed E-state index contributed by atoms with van der Waals surface area (Å²) in [5, 5.41) is 0. The summed E-state index contributed by atoms with van der Waals surface area (Å²) in [4.78, 5) is 18.0. The summed E-state index contributed by atoms with van der Waals surface area (Å²) in [6, 6.07) is 10.3. The minimum absolute atomic E-state index is 0.166. The molecule has 1 aromatic rings. The van der Waals surface area contributed by atoms with E-state index in [1.165, 1.54) is 5.56 Å². The molecule has 0 bridgehead atoms. The first kappa shape index (κ1) is 11.0. The maximum absolute atomic E-state index is 10.6. The molecule has 0 aliphatic carbocycles. The second kappa shape index (κ2) is 4.25. The van der Waals surface area contributed by atoms with E-state index >= 15 is 0 Å². The number of benzene rings is 1. The van der Waals surface area contributed by atoms with Gasteiger partial charge in [-0.05, 0) is 12.1 Å². The normalized spacial score (nSPS) is 32.4. The van der Waals surface area contributed by atoms with E-state index in [1.807, 2.05) is 18.2 Å². The van der Waals surface area contributed by atoms with E-state index in [0.717, 1.165) is 19.3 Å². The van der Waals surface area contributed by atoms with Gasteiger partial charge in [-0.3, -0.25) is 0 Å². The SMILES string of the molecule is O=C[B]N1CC2CONC2(c2ccccc2)C1. The molecule has 2 aliphatic heterocycles. The highest BCUT2D eigenvalue weighted by molar-refractivity contribution is 6.64. The lowest BCUT2D eigenvalue weighted by Crippen LogP contribution is -2.43. The molecule has 2 unspecified atom stereocenters. The van der Waals surface area contributed by atoms with Crippen molar-refractivity contribution < 1.29 is 9.63 Å². The molecule has 2 fully saturated rings. The van der Waals surface area contributed by atoms with Crippen molar-refractivity contribution in [2.24, 2.45) is 5.92 Å². The van der Waals surface area contributed by atoms with Crippen LogP contribution in [0.25, 0.3) is 0 Å². The molecule has 87 valence electrons. The number of nitrogens with zero attached hydrogens (tertiary/aromatic N) is 1. The molecule has 0 spiro atoms. The van der Waals surface area contributed by atoms with Gasteiger partial charge in [0, 0.05) is 12.5 Å². The molecule has 17 heavy (non-hydrogen) atoms. The predicted molar refractivity (Wildman–Crippen MR) is 64.8 cm³/mol. The van der Waals surface area contributed by atoms with Crippen LogP contribution in [0.5, 0.6) is 0 Å². The summed E-state index contributed by atoms with van der Waals surface area (Å²) >= 11 is 0. The summed E-state index contributed by atoms with van der Waals surface area (Å²) in [7, 11) is 1.62. The molecular formula is C12H14BN2O2. The van der Waals surface area contributed by atoms with Crippen molar-refractivity contribution in [1.29, 1.82) is 0 Å². The van der Waals surface area contributed by atoms with Gasteiger partial charge in [0.2, 0.25) is 0 Å². The fourth-order valence-corrected chi connectivity index (χ4v) is 2.86. The number of hydroxylamine groups is 1. The van der Waals surface area contributed by atoms with Gasteiger partial charge in [0.15, 0.2) is 0 Å². The average Bonchev–Trinajstić information content (AvgIpc) is 2.88. The van der Waals surface area contributed by atoms with Gasteiger partial charge in [0.05, 0.1) is 18.3 Å². The standard InChI is InChI=1S/C12H14BN2O2/c16-9-13-15-6-11-7-17-14-12(11,8-15)10-4-2-1-3-5-10/h1-5,9,11,14H,6-8H2. The molecule has 0 amide bonds. The Morgan fingerprint density at radius 1 is 1.47 bits per heavy atom. The van der Waals surface area contributed by atoms with Crippen LogP contribution in [-0.2, 0) is 15.2 Å². The highest BCUT2D eigenvalue weighted by Crippen LogP contribution is 2.39. The van der Waals surface area contributed by atoms with Crippen LogP contribution in [0.1, 0.15) is 5.56 Å². The van der Waals surface area contributed by atoms with E-state index < -0.39 is 0 Å². The molecular weight excluding hydrogens is 215 g/mol. The molecule has 3 rings (SSSR count). The fraction of sp³-hybridized carbons (Fsp3) is 0.417. The van der Waals surface area contributed by atoms with Crippen LogP contribution >= 0.6 is 0 Å². The number of hydrogen-bond acceptors (Lipinski definition) is 4. The first-order chi connectivity index (χ1) is 8.35. The van der Waals surface area contributed by atoms with Gasteiger partial charge >= 0.3 is 0 Å². The molecule has 5 heteroatoms. The number of rotatable bonds is 3. The van der Waals surface area contributed by atoms with E-state index in [4.69, 9.17) is 4.84 Å². The number of fused-ring (bicyclic) bond motifs is 1. The average molecular weight is 229 g/mol. The number of nitrogens with one attached hydrogen (secondary N) is 1. The van der Waals surface area contributed by atoms with Crippen molar-refractivity contribution in [2.45, 2.75) is 5.54 Å². The van der Waals surface area contributed by atoms with Crippen molar-refractivity contribution in [3.05, 3.63) is 35.9 Å². The summed E-state index contributed by atoms with van der Waals surface area (Å²) in [5.74, 6) is 0.390. The van der Waals surface area contributed by atoms with Crippen LogP contribution in [-0.4, -0.2) is 38.1 Å². The Hall–Kier alpha value is -1.17. The van der Waals surface area contributed by atoms with Crippen LogP contribution in [0.15, 0.2) is 30.3 Å². The third-order valence-corrected chi connectivity index (χ3v) is 3.70. The Kier molecular flexibility index (Phi) is 2.74. The Balaban J connectivity index is 1.91. The van der Waals surface area contributed by atoms with Gasteiger partial charge in [0.25, 0.3) is 7.41 Å². The van der Waals surface area contributed by atoms with E-state index in [-0.39, 0.29) is 5.54 Å². The number of carbonyl (C=O) groups is 1. The molecule has 1 aromatic carbocycles. The topological polar surface area (TPSA) is 41.6 Å². The Morgan fingerprint density at radius 2 is 2.29 bits per heavy atom. The molecule has 1 radical (unpaired) electrons. The third-order valence-electron chi connectivity index (χ3n) is 3.70. The minimum atomic E-state index is -0.166. The summed E-state index contributed by atoms with van der Waals surface area (Å²) in [5.41, 5.74) is 4.22. The second-order valence-electron chi connectivity index (χ2n) is 4.66. The highest BCUT2D eigenvalue weighted by Gasteiger charge is 2.51. The largest absolute Gasteiger partial charge is 0.337 e. The second-order valence-corrected chi connectivity index (χ2v) is 4.66. The molecule has 2 aliphatic rings.